The van der Waals surface area contributed by atoms with Crippen molar-refractivity contribution < 1.29 is 4.79 Å². The van der Waals surface area contributed by atoms with Gasteiger partial charge in [0.2, 0.25) is 0 Å². The zero-order valence-corrected chi connectivity index (χ0v) is 11.4. The topological polar surface area (TPSA) is 84.2 Å². The number of rotatable bonds is 3. The second kappa shape index (κ2) is 5.58. The molecule has 21 heavy (non-hydrogen) atoms. The fourth-order valence-corrected chi connectivity index (χ4v) is 1.95. The lowest BCUT2D eigenvalue weighted by Crippen LogP contribution is -2.28. The van der Waals surface area contributed by atoms with Gasteiger partial charge in [0.1, 0.15) is 0 Å². The van der Waals surface area contributed by atoms with Crippen LogP contribution >= 0.6 is 0 Å². The SMILES string of the molecule is CCNC(=O)Nc1nc2ccc(-c3cccnc3)cn2n1. The Labute approximate surface area is 121 Å². The zero-order chi connectivity index (χ0) is 14.7. The molecule has 0 radical (unpaired) electrons. The van der Waals surface area contributed by atoms with Gasteiger partial charge in [0.15, 0.2) is 5.65 Å². The highest BCUT2D eigenvalue weighted by atomic mass is 16.2. The van der Waals surface area contributed by atoms with Gasteiger partial charge in [-0.1, -0.05) is 6.07 Å². The minimum absolute atomic E-state index is 0.268. The Morgan fingerprint density at radius 3 is 2.95 bits per heavy atom. The second-order valence-electron chi connectivity index (χ2n) is 4.38. The highest BCUT2D eigenvalue weighted by Crippen LogP contribution is 2.18. The largest absolute Gasteiger partial charge is 0.338 e. The van der Waals surface area contributed by atoms with Crippen molar-refractivity contribution in [1.82, 2.24) is 24.9 Å². The third kappa shape index (κ3) is 2.81. The van der Waals surface area contributed by atoms with Crippen LogP contribution < -0.4 is 10.6 Å². The first kappa shape index (κ1) is 13.0. The van der Waals surface area contributed by atoms with Crippen LogP contribution in [-0.2, 0) is 0 Å². The molecule has 7 heteroatoms. The molecule has 2 N–H and O–H groups in total. The summed E-state index contributed by atoms with van der Waals surface area (Å²) in [6.07, 6.45) is 5.36. The van der Waals surface area contributed by atoms with Gasteiger partial charge >= 0.3 is 6.03 Å². The molecule has 7 nitrogen and oxygen atoms in total. The first-order chi connectivity index (χ1) is 10.3. The molecule has 0 aliphatic carbocycles. The highest BCUT2D eigenvalue weighted by Gasteiger charge is 2.07. The van der Waals surface area contributed by atoms with Gasteiger partial charge in [0, 0.05) is 36.3 Å². The molecule has 0 aromatic carbocycles. The first-order valence-corrected chi connectivity index (χ1v) is 6.58. The third-order valence-corrected chi connectivity index (χ3v) is 2.89. The van der Waals surface area contributed by atoms with E-state index in [1.807, 2.05) is 37.4 Å². The van der Waals surface area contributed by atoms with E-state index < -0.39 is 0 Å². The molecule has 0 fully saturated rings. The van der Waals surface area contributed by atoms with Gasteiger partial charge in [-0.05, 0) is 25.1 Å². The van der Waals surface area contributed by atoms with Crippen LogP contribution in [0, 0.1) is 0 Å². The minimum atomic E-state index is -0.319. The number of fused-ring (bicyclic) bond motifs is 1. The lowest BCUT2D eigenvalue weighted by molar-refractivity contribution is 0.252. The molecule has 0 bridgehead atoms. The molecule has 0 atom stereocenters. The number of anilines is 1. The molecule has 0 aliphatic heterocycles. The molecule has 0 saturated heterocycles. The Morgan fingerprint density at radius 2 is 2.19 bits per heavy atom. The molecule has 0 saturated carbocycles. The molecular formula is C14H14N6O. The fourth-order valence-electron chi connectivity index (χ4n) is 1.95. The summed E-state index contributed by atoms with van der Waals surface area (Å²) in [4.78, 5) is 19.8. The summed E-state index contributed by atoms with van der Waals surface area (Å²) in [6.45, 7) is 2.39. The summed E-state index contributed by atoms with van der Waals surface area (Å²) in [5, 5.41) is 9.45. The number of aromatic nitrogens is 4. The summed E-state index contributed by atoms with van der Waals surface area (Å²) in [5.41, 5.74) is 2.63. The van der Waals surface area contributed by atoms with Gasteiger partial charge in [0.05, 0.1) is 0 Å². The maximum absolute atomic E-state index is 11.5. The predicted molar refractivity (Wildman–Crippen MR) is 78.9 cm³/mol. The molecule has 0 unspecified atom stereocenters. The van der Waals surface area contributed by atoms with Crippen LogP contribution in [0.2, 0.25) is 0 Å². The van der Waals surface area contributed by atoms with Crippen LogP contribution in [0.4, 0.5) is 10.7 Å². The van der Waals surface area contributed by atoms with Gasteiger partial charge < -0.3 is 5.32 Å². The van der Waals surface area contributed by atoms with Crippen LogP contribution in [-0.4, -0.2) is 32.2 Å². The summed E-state index contributed by atoms with van der Waals surface area (Å²) in [6, 6.07) is 7.32. The van der Waals surface area contributed by atoms with E-state index in [1.54, 1.807) is 16.9 Å². The van der Waals surface area contributed by atoms with Crippen molar-refractivity contribution in [2.75, 3.05) is 11.9 Å². The Bertz CT molecular complexity index is 767. The van der Waals surface area contributed by atoms with Crippen LogP contribution in [0.15, 0.2) is 42.9 Å². The van der Waals surface area contributed by atoms with E-state index in [1.165, 1.54) is 0 Å². The maximum Gasteiger partial charge on any atom is 0.321 e. The molecule has 2 amide bonds. The highest BCUT2D eigenvalue weighted by molar-refractivity contribution is 5.87. The first-order valence-electron chi connectivity index (χ1n) is 6.58. The average Bonchev–Trinajstić information content (AvgIpc) is 2.89. The van der Waals surface area contributed by atoms with Crippen molar-refractivity contribution >= 4 is 17.6 Å². The van der Waals surface area contributed by atoms with Crippen molar-refractivity contribution in [3.63, 3.8) is 0 Å². The number of hydrogen-bond donors (Lipinski definition) is 2. The van der Waals surface area contributed by atoms with Gasteiger partial charge in [-0.15, -0.1) is 5.10 Å². The van der Waals surface area contributed by atoms with E-state index in [4.69, 9.17) is 0 Å². The Hall–Kier alpha value is -2.96. The second-order valence-corrected chi connectivity index (χ2v) is 4.38. The monoisotopic (exact) mass is 282 g/mol. The molecule has 3 rings (SSSR count). The molecule has 3 aromatic rings. The van der Waals surface area contributed by atoms with Gasteiger partial charge in [-0.25, -0.2) is 9.31 Å². The van der Waals surface area contributed by atoms with Crippen molar-refractivity contribution in [1.29, 1.82) is 0 Å². The van der Waals surface area contributed by atoms with E-state index in [9.17, 15) is 4.79 Å². The van der Waals surface area contributed by atoms with Gasteiger partial charge in [0.25, 0.3) is 5.95 Å². The molecule has 3 heterocycles. The molecule has 0 spiro atoms. The van der Waals surface area contributed by atoms with Crippen LogP contribution in [0.3, 0.4) is 0 Å². The third-order valence-electron chi connectivity index (χ3n) is 2.89. The number of nitrogens with one attached hydrogen (secondary N) is 2. The van der Waals surface area contributed by atoms with E-state index in [-0.39, 0.29) is 12.0 Å². The predicted octanol–water partition coefficient (Wildman–Crippen LogP) is 1.93. The quantitative estimate of drug-likeness (QED) is 0.768. The number of carbonyl (C=O) groups excluding carboxylic acids is 1. The molecular weight excluding hydrogens is 268 g/mol. The van der Waals surface area contributed by atoms with Crippen molar-refractivity contribution in [3.05, 3.63) is 42.9 Å². The smallest absolute Gasteiger partial charge is 0.321 e. The lowest BCUT2D eigenvalue weighted by Gasteiger charge is -2.00. The lowest BCUT2D eigenvalue weighted by atomic mass is 10.1. The number of nitrogens with zero attached hydrogens (tertiary/aromatic N) is 4. The standard InChI is InChI=1S/C14H14N6O/c1-2-16-14(21)18-13-17-12-6-5-11(9-20(12)19-13)10-4-3-7-15-8-10/h3-9H,2H2,1H3,(H2,16,18,19,21). The normalized spacial score (nSPS) is 10.5. The summed E-state index contributed by atoms with van der Waals surface area (Å²) in [5.74, 6) is 0.268. The van der Waals surface area contributed by atoms with Crippen LogP contribution in [0.1, 0.15) is 6.92 Å². The van der Waals surface area contributed by atoms with Crippen LogP contribution in [0.5, 0.6) is 0 Å². The Morgan fingerprint density at radius 1 is 1.29 bits per heavy atom. The molecule has 106 valence electrons. The number of pyridine rings is 2. The minimum Gasteiger partial charge on any atom is -0.338 e. The van der Waals surface area contributed by atoms with E-state index in [2.05, 4.69) is 25.7 Å². The van der Waals surface area contributed by atoms with Gasteiger partial charge in [-0.2, -0.15) is 4.98 Å². The summed E-state index contributed by atoms with van der Waals surface area (Å²) < 4.78 is 1.63. The van der Waals surface area contributed by atoms with E-state index in [0.29, 0.717) is 12.2 Å². The van der Waals surface area contributed by atoms with Crippen molar-refractivity contribution in [2.24, 2.45) is 0 Å². The number of hydrogen-bond acceptors (Lipinski definition) is 4. The maximum atomic E-state index is 11.5. The fraction of sp³-hybridized carbons (Fsp3) is 0.143. The number of carbonyl (C=O) groups is 1. The van der Waals surface area contributed by atoms with Gasteiger partial charge in [-0.3, -0.25) is 10.3 Å². The Balaban J connectivity index is 1.90. The zero-order valence-electron chi connectivity index (χ0n) is 11.4. The Kier molecular flexibility index (Phi) is 3.46. The average molecular weight is 282 g/mol. The van der Waals surface area contributed by atoms with Crippen molar-refractivity contribution in [3.8, 4) is 11.1 Å². The number of amides is 2. The number of urea groups is 1. The molecule has 3 aromatic heterocycles. The molecule has 0 aliphatic rings. The van der Waals surface area contributed by atoms with E-state index >= 15 is 0 Å². The van der Waals surface area contributed by atoms with Crippen molar-refractivity contribution in [2.45, 2.75) is 6.92 Å². The summed E-state index contributed by atoms with van der Waals surface area (Å²) in [7, 11) is 0. The summed E-state index contributed by atoms with van der Waals surface area (Å²) >= 11 is 0. The van der Waals surface area contributed by atoms with E-state index in [0.717, 1.165) is 11.1 Å². The van der Waals surface area contributed by atoms with Crippen LogP contribution in [0.25, 0.3) is 16.8 Å².